The van der Waals surface area contributed by atoms with Gasteiger partial charge in [-0.25, -0.2) is 0 Å². The van der Waals surface area contributed by atoms with Crippen molar-refractivity contribution in [3.63, 3.8) is 0 Å². The Hall–Kier alpha value is -1.75. The molecule has 1 N–H and O–H groups in total. The van der Waals surface area contributed by atoms with Crippen molar-refractivity contribution < 1.29 is 9.94 Å². The molecule has 0 bridgehead atoms. The van der Waals surface area contributed by atoms with Crippen molar-refractivity contribution >= 4 is 11.4 Å². The van der Waals surface area contributed by atoms with Crippen molar-refractivity contribution in [1.29, 1.82) is 0 Å². The van der Waals surface area contributed by atoms with Crippen LogP contribution in [0.25, 0.3) is 0 Å². The van der Waals surface area contributed by atoms with Crippen molar-refractivity contribution in [3.8, 4) is 5.75 Å². The van der Waals surface area contributed by atoms with E-state index in [1.54, 1.807) is 7.11 Å². The summed E-state index contributed by atoms with van der Waals surface area (Å²) in [5.74, 6) is 0.935. The van der Waals surface area contributed by atoms with E-state index in [9.17, 15) is 0 Å². The van der Waals surface area contributed by atoms with E-state index < -0.39 is 0 Å². The number of hydrogen-bond donors (Lipinski definition) is 1. The number of piperazine rings is 1. The van der Waals surface area contributed by atoms with Gasteiger partial charge in [-0.1, -0.05) is 17.3 Å². The first-order chi connectivity index (χ1) is 10.3. The third-order valence-electron chi connectivity index (χ3n) is 4.60. The van der Waals surface area contributed by atoms with E-state index in [2.05, 4.69) is 27.1 Å². The van der Waals surface area contributed by atoms with E-state index in [-0.39, 0.29) is 0 Å². The molecule has 1 saturated carbocycles. The lowest BCUT2D eigenvalue weighted by molar-refractivity contribution is 0.220. The van der Waals surface area contributed by atoms with Gasteiger partial charge in [0, 0.05) is 26.2 Å². The van der Waals surface area contributed by atoms with Gasteiger partial charge >= 0.3 is 0 Å². The smallest absolute Gasteiger partial charge is 0.142 e. The van der Waals surface area contributed by atoms with Gasteiger partial charge < -0.3 is 14.8 Å². The van der Waals surface area contributed by atoms with Crippen LogP contribution in [-0.4, -0.2) is 55.1 Å². The molecule has 1 aromatic carbocycles. The summed E-state index contributed by atoms with van der Waals surface area (Å²) in [6.07, 6.45) is 3.19. The predicted molar refractivity (Wildman–Crippen MR) is 83.6 cm³/mol. The second kappa shape index (κ2) is 6.35. The molecule has 1 atom stereocenters. The Kier molecular flexibility index (Phi) is 4.29. The van der Waals surface area contributed by atoms with Crippen molar-refractivity contribution in [2.24, 2.45) is 5.16 Å². The molecule has 0 radical (unpaired) electrons. The van der Waals surface area contributed by atoms with E-state index >= 15 is 0 Å². The van der Waals surface area contributed by atoms with E-state index in [4.69, 9.17) is 9.94 Å². The standard InChI is InChI=1S/C16H23N3O2/c1-21-16-8-3-2-6-15(16)19-11-9-18(10-12-19)14-7-4-5-13(14)17-20/h2-3,6,8,14,20H,4-5,7,9-12H2,1H3. The van der Waals surface area contributed by atoms with Crippen LogP contribution < -0.4 is 9.64 Å². The van der Waals surface area contributed by atoms with Crippen LogP contribution in [0.2, 0.25) is 0 Å². The van der Waals surface area contributed by atoms with Crippen LogP contribution >= 0.6 is 0 Å². The average Bonchev–Trinajstić information content (AvgIpc) is 3.03. The molecule has 1 aliphatic heterocycles. The summed E-state index contributed by atoms with van der Waals surface area (Å²) in [6.45, 7) is 3.97. The van der Waals surface area contributed by atoms with Crippen LogP contribution in [0.5, 0.6) is 5.75 Å². The first-order valence-corrected chi connectivity index (χ1v) is 7.66. The Bertz CT molecular complexity index is 510. The molecule has 0 aromatic heterocycles. The maximum absolute atomic E-state index is 9.10. The lowest BCUT2D eigenvalue weighted by Gasteiger charge is -2.39. The lowest BCUT2D eigenvalue weighted by Crippen LogP contribution is -2.51. The summed E-state index contributed by atoms with van der Waals surface area (Å²) in [4.78, 5) is 4.83. The van der Waals surface area contributed by atoms with Gasteiger partial charge in [-0.15, -0.1) is 0 Å². The zero-order valence-electron chi connectivity index (χ0n) is 12.5. The topological polar surface area (TPSA) is 48.3 Å². The monoisotopic (exact) mass is 289 g/mol. The Morgan fingerprint density at radius 1 is 1.19 bits per heavy atom. The van der Waals surface area contributed by atoms with Crippen molar-refractivity contribution in [2.45, 2.75) is 25.3 Å². The third-order valence-corrected chi connectivity index (χ3v) is 4.60. The van der Waals surface area contributed by atoms with Crippen LogP contribution in [0.15, 0.2) is 29.4 Å². The molecular weight excluding hydrogens is 266 g/mol. The maximum atomic E-state index is 9.10. The highest BCUT2D eigenvalue weighted by Gasteiger charge is 2.31. The Morgan fingerprint density at radius 2 is 1.95 bits per heavy atom. The molecule has 5 nitrogen and oxygen atoms in total. The highest BCUT2D eigenvalue weighted by Crippen LogP contribution is 2.29. The molecule has 0 amide bonds. The van der Waals surface area contributed by atoms with Gasteiger partial charge in [0.05, 0.1) is 24.6 Å². The molecule has 2 aliphatic rings. The van der Waals surface area contributed by atoms with E-state index in [1.165, 1.54) is 5.69 Å². The van der Waals surface area contributed by atoms with Crippen LogP contribution in [-0.2, 0) is 0 Å². The second-order valence-electron chi connectivity index (χ2n) is 5.69. The quantitative estimate of drug-likeness (QED) is 0.684. The van der Waals surface area contributed by atoms with Crippen molar-refractivity contribution in [1.82, 2.24) is 4.90 Å². The number of methoxy groups -OCH3 is 1. The van der Waals surface area contributed by atoms with Crippen LogP contribution in [0, 0.1) is 0 Å². The lowest BCUT2D eigenvalue weighted by atomic mass is 10.1. The van der Waals surface area contributed by atoms with Gasteiger partial charge in [0.1, 0.15) is 5.75 Å². The second-order valence-corrected chi connectivity index (χ2v) is 5.69. The SMILES string of the molecule is COc1ccccc1N1CCN(C2CCCC2=NO)CC1. The summed E-state index contributed by atoms with van der Waals surface area (Å²) >= 11 is 0. The highest BCUT2D eigenvalue weighted by atomic mass is 16.5. The minimum atomic E-state index is 0.342. The predicted octanol–water partition coefficient (Wildman–Crippen LogP) is 2.20. The van der Waals surface area contributed by atoms with Gasteiger partial charge in [0.25, 0.3) is 0 Å². The Morgan fingerprint density at radius 3 is 2.67 bits per heavy atom. The Labute approximate surface area is 125 Å². The molecule has 1 aromatic rings. The zero-order valence-corrected chi connectivity index (χ0v) is 12.5. The van der Waals surface area contributed by atoms with Crippen molar-refractivity contribution in [3.05, 3.63) is 24.3 Å². The minimum Gasteiger partial charge on any atom is -0.495 e. The molecule has 1 aliphatic carbocycles. The van der Waals surface area contributed by atoms with Gasteiger partial charge in [0.15, 0.2) is 0 Å². The first-order valence-electron chi connectivity index (χ1n) is 7.66. The number of nitrogens with zero attached hydrogens (tertiary/aromatic N) is 3. The minimum absolute atomic E-state index is 0.342. The molecule has 1 heterocycles. The largest absolute Gasteiger partial charge is 0.495 e. The number of oxime groups is 1. The number of para-hydroxylation sites is 2. The highest BCUT2D eigenvalue weighted by molar-refractivity contribution is 5.90. The summed E-state index contributed by atoms with van der Waals surface area (Å²) in [7, 11) is 1.72. The van der Waals surface area contributed by atoms with E-state index in [0.717, 1.165) is 56.9 Å². The maximum Gasteiger partial charge on any atom is 0.142 e. The third kappa shape index (κ3) is 2.83. The van der Waals surface area contributed by atoms with E-state index in [1.807, 2.05) is 12.1 Å². The summed E-state index contributed by atoms with van der Waals surface area (Å²) in [5, 5.41) is 12.6. The zero-order chi connectivity index (χ0) is 14.7. The molecule has 21 heavy (non-hydrogen) atoms. The molecule has 1 saturated heterocycles. The molecule has 0 spiro atoms. The van der Waals surface area contributed by atoms with E-state index in [0.29, 0.717) is 6.04 Å². The fourth-order valence-electron chi connectivity index (χ4n) is 3.49. The normalized spacial score (nSPS) is 25.5. The fourth-order valence-corrected chi connectivity index (χ4v) is 3.49. The van der Waals surface area contributed by atoms with Crippen LogP contribution in [0.4, 0.5) is 5.69 Å². The van der Waals surface area contributed by atoms with Crippen LogP contribution in [0.3, 0.4) is 0 Å². The number of hydrogen-bond acceptors (Lipinski definition) is 5. The molecule has 114 valence electrons. The summed E-state index contributed by atoms with van der Waals surface area (Å²) < 4.78 is 5.45. The van der Waals surface area contributed by atoms with Gasteiger partial charge in [-0.05, 0) is 31.4 Å². The van der Waals surface area contributed by atoms with Gasteiger partial charge in [-0.2, -0.15) is 0 Å². The number of ether oxygens (including phenoxy) is 1. The average molecular weight is 289 g/mol. The fraction of sp³-hybridized carbons (Fsp3) is 0.562. The molecule has 5 heteroatoms. The molecule has 1 unspecified atom stereocenters. The summed E-state index contributed by atoms with van der Waals surface area (Å²) in [6, 6.07) is 8.52. The molecule has 2 fully saturated rings. The molecular formula is C16H23N3O2. The van der Waals surface area contributed by atoms with Gasteiger partial charge in [0.2, 0.25) is 0 Å². The number of benzene rings is 1. The van der Waals surface area contributed by atoms with Crippen molar-refractivity contribution in [2.75, 3.05) is 38.2 Å². The first kappa shape index (κ1) is 14.2. The summed E-state index contributed by atoms with van der Waals surface area (Å²) in [5.41, 5.74) is 2.13. The number of rotatable bonds is 3. The van der Waals surface area contributed by atoms with Crippen LogP contribution in [0.1, 0.15) is 19.3 Å². The Balaban J connectivity index is 1.65. The number of anilines is 1. The molecule has 3 rings (SSSR count). The van der Waals surface area contributed by atoms with Gasteiger partial charge in [-0.3, -0.25) is 4.90 Å².